The van der Waals surface area contributed by atoms with Crippen LogP contribution in [0, 0.1) is 0 Å². The number of nitrogens with two attached hydrogens (primary N) is 1. The lowest BCUT2D eigenvalue weighted by Crippen LogP contribution is -2.15. The molecule has 0 aliphatic heterocycles. The van der Waals surface area contributed by atoms with E-state index in [0.717, 1.165) is 23.5 Å². The Bertz CT molecular complexity index is 655. The Morgan fingerprint density at radius 2 is 2.21 bits per heavy atom. The molecule has 0 radical (unpaired) electrons. The molecule has 0 saturated carbocycles. The van der Waals surface area contributed by atoms with Crippen LogP contribution in [0.1, 0.15) is 29.8 Å². The number of hydrogen-bond donors (Lipinski definition) is 1. The van der Waals surface area contributed by atoms with E-state index < -0.39 is 0 Å². The number of thiazole rings is 1. The van der Waals surface area contributed by atoms with Gasteiger partial charge in [-0.25, -0.2) is 4.98 Å². The van der Waals surface area contributed by atoms with Gasteiger partial charge in [0.25, 0.3) is 0 Å². The molecule has 2 aromatic heterocycles. The molecule has 0 fully saturated rings. The zero-order chi connectivity index (χ0) is 13.2. The highest BCUT2D eigenvalue weighted by Gasteiger charge is 2.12. The lowest BCUT2D eigenvalue weighted by Gasteiger charge is -2.14. The predicted molar refractivity (Wildman–Crippen MR) is 79.5 cm³/mol. The first kappa shape index (κ1) is 12.4. The van der Waals surface area contributed by atoms with E-state index in [2.05, 4.69) is 46.8 Å². The first-order valence-electron chi connectivity index (χ1n) is 6.52. The molecule has 0 amide bonds. The van der Waals surface area contributed by atoms with E-state index >= 15 is 0 Å². The van der Waals surface area contributed by atoms with Crippen molar-refractivity contribution in [3.63, 3.8) is 0 Å². The maximum absolute atomic E-state index is 6.35. The minimum Gasteiger partial charge on any atom is -0.324 e. The summed E-state index contributed by atoms with van der Waals surface area (Å²) in [5, 5.41) is 2.04. The third-order valence-corrected chi connectivity index (χ3v) is 4.18. The number of aryl methyl sites for hydroxylation is 1. The fourth-order valence-electron chi connectivity index (χ4n) is 2.43. The van der Waals surface area contributed by atoms with Gasteiger partial charge in [-0.3, -0.25) is 4.40 Å². The number of rotatable bonds is 4. The summed E-state index contributed by atoms with van der Waals surface area (Å²) in [5.74, 6) is 0. The smallest absolute Gasteiger partial charge is 0.193 e. The van der Waals surface area contributed by atoms with Crippen LogP contribution < -0.4 is 5.73 Å². The molecule has 0 bridgehead atoms. The molecule has 2 N–H and O–H groups in total. The average molecular weight is 271 g/mol. The zero-order valence-electron chi connectivity index (χ0n) is 10.9. The van der Waals surface area contributed by atoms with Crippen LogP contribution in [0.5, 0.6) is 0 Å². The van der Waals surface area contributed by atoms with Crippen molar-refractivity contribution in [3.8, 4) is 0 Å². The Labute approximate surface area is 116 Å². The highest BCUT2D eigenvalue weighted by Crippen LogP contribution is 2.21. The van der Waals surface area contributed by atoms with E-state index in [-0.39, 0.29) is 6.04 Å². The van der Waals surface area contributed by atoms with Gasteiger partial charge in [0.15, 0.2) is 4.96 Å². The second-order valence-corrected chi connectivity index (χ2v) is 5.56. The van der Waals surface area contributed by atoms with E-state index in [4.69, 9.17) is 5.73 Å². The zero-order valence-corrected chi connectivity index (χ0v) is 11.7. The van der Waals surface area contributed by atoms with Gasteiger partial charge >= 0.3 is 0 Å². The Hall–Kier alpha value is -1.65. The lowest BCUT2D eigenvalue weighted by atomic mass is 9.96. The standard InChI is InChI=1S/C15H17N3S/c1-2-11-5-3-4-6-13(11)14(16)9-12-10-18-7-8-19-15(18)17-12/h3-8,10,14H,2,9,16H2,1H3. The van der Waals surface area contributed by atoms with Crippen LogP contribution in [0.4, 0.5) is 0 Å². The molecule has 98 valence electrons. The van der Waals surface area contributed by atoms with Crippen molar-refractivity contribution in [1.29, 1.82) is 0 Å². The summed E-state index contributed by atoms with van der Waals surface area (Å²) in [4.78, 5) is 5.63. The first-order valence-corrected chi connectivity index (χ1v) is 7.40. The number of nitrogens with zero attached hydrogens (tertiary/aromatic N) is 2. The summed E-state index contributed by atoms with van der Waals surface area (Å²) in [6, 6.07) is 8.42. The molecule has 19 heavy (non-hydrogen) atoms. The summed E-state index contributed by atoms with van der Waals surface area (Å²) in [6.45, 7) is 2.16. The topological polar surface area (TPSA) is 43.3 Å². The SMILES string of the molecule is CCc1ccccc1C(N)Cc1cn2ccsc2n1. The maximum Gasteiger partial charge on any atom is 0.193 e. The normalized spacial score (nSPS) is 12.9. The van der Waals surface area contributed by atoms with Crippen molar-refractivity contribution in [2.45, 2.75) is 25.8 Å². The van der Waals surface area contributed by atoms with E-state index in [1.54, 1.807) is 11.3 Å². The van der Waals surface area contributed by atoms with Gasteiger partial charge in [-0.2, -0.15) is 0 Å². The highest BCUT2D eigenvalue weighted by atomic mass is 32.1. The van der Waals surface area contributed by atoms with Crippen LogP contribution in [-0.4, -0.2) is 9.38 Å². The van der Waals surface area contributed by atoms with Crippen LogP contribution in [0.2, 0.25) is 0 Å². The summed E-state index contributed by atoms with van der Waals surface area (Å²) >= 11 is 1.65. The molecule has 4 heteroatoms. The second kappa shape index (κ2) is 5.15. The molecule has 3 aromatic rings. The fraction of sp³-hybridized carbons (Fsp3) is 0.267. The molecule has 0 saturated heterocycles. The Balaban J connectivity index is 1.84. The minimum atomic E-state index is 0.0146. The Kier molecular flexibility index (Phi) is 3.36. The fourth-order valence-corrected chi connectivity index (χ4v) is 3.15. The van der Waals surface area contributed by atoms with Crippen molar-refractivity contribution in [2.24, 2.45) is 5.73 Å². The molecule has 3 rings (SSSR count). The summed E-state index contributed by atoms with van der Waals surface area (Å²) in [6.07, 6.45) is 5.90. The van der Waals surface area contributed by atoms with Gasteiger partial charge in [-0.15, -0.1) is 11.3 Å². The van der Waals surface area contributed by atoms with Gasteiger partial charge in [0.2, 0.25) is 0 Å². The van der Waals surface area contributed by atoms with E-state index in [9.17, 15) is 0 Å². The molecule has 0 aliphatic carbocycles. The van der Waals surface area contributed by atoms with Gasteiger partial charge in [-0.1, -0.05) is 31.2 Å². The second-order valence-electron chi connectivity index (χ2n) is 4.69. The monoisotopic (exact) mass is 271 g/mol. The number of imidazole rings is 1. The molecular formula is C15H17N3S. The maximum atomic E-state index is 6.35. The average Bonchev–Trinajstić information content (AvgIpc) is 2.99. The van der Waals surface area contributed by atoms with Crippen LogP contribution in [-0.2, 0) is 12.8 Å². The largest absolute Gasteiger partial charge is 0.324 e. The highest BCUT2D eigenvalue weighted by molar-refractivity contribution is 7.15. The summed E-state index contributed by atoms with van der Waals surface area (Å²) in [5.41, 5.74) is 9.98. The first-order chi connectivity index (χ1) is 9.28. The van der Waals surface area contributed by atoms with Crippen molar-refractivity contribution in [1.82, 2.24) is 9.38 Å². The Morgan fingerprint density at radius 3 is 3.00 bits per heavy atom. The third kappa shape index (κ3) is 2.41. The molecule has 3 nitrogen and oxygen atoms in total. The van der Waals surface area contributed by atoms with Crippen LogP contribution in [0.3, 0.4) is 0 Å². The number of fused-ring (bicyclic) bond motifs is 1. The van der Waals surface area contributed by atoms with Gasteiger partial charge in [0.1, 0.15) is 0 Å². The number of benzene rings is 1. The Morgan fingerprint density at radius 1 is 1.37 bits per heavy atom. The van der Waals surface area contributed by atoms with Crippen molar-refractivity contribution in [2.75, 3.05) is 0 Å². The van der Waals surface area contributed by atoms with E-state index in [1.165, 1.54) is 11.1 Å². The summed E-state index contributed by atoms with van der Waals surface area (Å²) in [7, 11) is 0. The van der Waals surface area contributed by atoms with Gasteiger partial charge in [0, 0.05) is 30.2 Å². The van der Waals surface area contributed by atoms with Crippen molar-refractivity contribution < 1.29 is 0 Å². The molecule has 1 aromatic carbocycles. The minimum absolute atomic E-state index is 0.0146. The quantitative estimate of drug-likeness (QED) is 0.792. The number of hydrogen-bond acceptors (Lipinski definition) is 3. The molecule has 1 atom stereocenters. The summed E-state index contributed by atoms with van der Waals surface area (Å²) < 4.78 is 2.05. The van der Waals surface area contributed by atoms with Crippen LogP contribution >= 0.6 is 11.3 Å². The molecule has 0 aliphatic rings. The van der Waals surface area contributed by atoms with Gasteiger partial charge in [0.05, 0.1) is 5.69 Å². The van der Waals surface area contributed by atoms with Gasteiger partial charge < -0.3 is 5.73 Å². The van der Waals surface area contributed by atoms with Crippen molar-refractivity contribution in [3.05, 3.63) is 58.9 Å². The molecular weight excluding hydrogens is 254 g/mol. The van der Waals surface area contributed by atoms with Crippen LogP contribution in [0.15, 0.2) is 42.0 Å². The van der Waals surface area contributed by atoms with E-state index in [0.29, 0.717) is 0 Å². The van der Waals surface area contributed by atoms with Crippen LogP contribution in [0.25, 0.3) is 4.96 Å². The molecule has 2 heterocycles. The lowest BCUT2D eigenvalue weighted by molar-refractivity contribution is 0.701. The molecule has 0 spiro atoms. The number of aromatic nitrogens is 2. The third-order valence-electron chi connectivity index (χ3n) is 3.41. The van der Waals surface area contributed by atoms with E-state index in [1.807, 2.05) is 11.6 Å². The molecule has 1 unspecified atom stereocenters. The van der Waals surface area contributed by atoms with Gasteiger partial charge in [-0.05, 0) is 17.5 Å². The predicted octanol–water partition coefficient (Wildman–Crippen LogP) is 3.20. The van der Waals surface area contributed by atoms with Crippen molar-refractivity contribution >= 4 is 16.3 Å².